The number of anilines is 2. The Balaban J connectivity index is 0.00000192. The number of nitrogens with zero attached hydrogens (tertiary/aromatic N) is 2. The number of pyridine rings is 1. The van der Waals surface area contributed by atoms with Crippen LogP contribution in [0.2, 0.25) is 0 Å². The van der Waals surface area contributed by atoms with Crippen molar-refractivity contribution in [1.82, 2.24) is 9.97 Å². The van der Waals surface area contributed by atoms with Crippen molar-refractivity contribution >= 4 is 39.1 Å². The number of aromatic nitrogens is 2. The summed E-state index contributed by atoms with van der Waals surface area (Å²) in [5.41, 5.74) is 4.47. The van der Waals surface area contributed by atoms with Crippen LogP contribution in [0.1, 0.15) is 25.3 Å². The van der Waals surface area contributed by atoms with E-state index < -0.39 is 0 Å². The molecule has 0 saturated carbocycles. The van der Waals surface area contributed by atoms with Crippen LogP contribution in [-0.2, 0) is 6.42 Å². The summed E-state index contributed by atoms with van der Waals surface area (Å²) in [6.45, 7) is 2.22. The van der Waals surface area contributed by atoms with E-state index in [1.807, 2.05) is 18.3 Å². The number of thiazole rings is 1. The van der Waals surface area contributed by atoms with Gasteiger partial charge in [0.05, 0.1) is 5.69 Å². The van der Waals surface area contributed by atoms with Crippen molar-refractivity contribution in [2.75, 3.05) is 5.32 Å². The molecule has 5 heteroatoms. The van der Waals surface area contributed by atoms with Gasteiger partial charge in [-0.05, 0) is 42.7 Å². The molecule has 0 aliphatic heterocycles. The zero-order chi connectivity index (χ0) is 15.2. The predicted molar refractivity (Wildman–Crippen MR) is 104 cm³/mol. The van der Waals surface area contributed by atoms with Crippen molar-refractivity contribution in [2.24, 2.45) is 0 Å². The van der Waals surface area contributed by atoms with Gasteiger partial charge in [0.25, 0.3) is 0 Å². The van der Waals surface area contributed by atoms with Crippen molar-refractivity contribution in [2.45, 2.75) is 26.2 Å². The Kier molecular flexibility index (Phi) is 6.74. The van der Waals surface area contributed by atoms with Crippen molar-refractivity contribution in [1.29, 1.82) is 0 Å². The molecule has 1 aromatic carbocycles. The van der Waals surface area contributed by atoms with E-state index in [9.17, 15) is 0 Å². The van der Waals surface area contributed by atoms with Crippen LogP contribution in [0.3, 0.4) is 0 Å². The van der Waals surface area contributed by atoms with Crippen LogP contribution >= 0.6 is 28.3 Å². The lowest BCUT2D eigenvalue weighted by molar-refractivity contribution is 0.795. The first-order chi connectivity index (χ1) is 10.8. The van der Waals surface area contributed by atoms with Gasteiger partial charge in [-0.2, -0.15) is 0 Å². The number of halogens is 1. The summed E-state index contributed by atoms with van der Waals surface area (Å²) in [7, 11) is 0. The molecule has 0 aliphatic rings. The fraction of sp³-hybridized carbons (Fsp3) is 0.222. The maximum atomic E-state index is 4.62. The van der Waals surface area contributed by atoms with Gasteiger partial charge in [0.15, 0.2) is 5.13 Å². The van der Waals surface area contributed by atoms with Crippen LogP contribution < -0.4 is 5.32 Å². The zero-order valence-electron chi connectivity index (χ0n) is 13.0. The maximum Gasteiger partial charge on any atom is 0.187 e. The molecule has 1 N–H and O–H groups in total. The standard InChI is InChI=1S/C18H19N3S.BrH/c1-2-3-5-14-7-9-16(10-8-14)20-18-21-17(13-22-18)15-6-4-11-19-12-15;/h4,6-13H,2-3,5H2,1H3,(H,20,21);1H. The van der Waals surface area contributed by atoms with Crippen molar-refractivity contribution in [3.8, 4) is 11.3 Å². The summed E-state index contributed by atoms with van der Waals surface area (Å²) in [4.78, 5) is 8.75. The Morgan fingerprint density at radius 3 is 2.65 bits per heavy atom. The SMILES string of the molecule is Br.CCCCc1ccc(Nc2nc(-c3cccnc3)cs2)cc1. The summed E-state index contributed by atoms with van der Waals surface area (Å²) >= 11 is 1.61. The number of unbranched alkanes of at least 4 members (excludes halogenated alkanes) is 1. The predicted octanol–water partition coefficient (Wildman–Crippen LogP) is 5.87. The van der Waals surface area contributed by atoms with Crippen molar-refractivity contribution in [3.05, 3.63) is 59.7 Å². The molecule has 0 amide bonds. The summed E-state index contributed by atoms with van der Waals surface area (Å²) in [5.74, 6) is 0. The van der Waals surface area contributed by atoms with Crippen LogP contribution in [0.25, 0.3) is 11.3 Å². The van der Waals surface area contributed by atoms with E-state index in [4.69, 9.17) is 0 Å². The largest absolute Gasteiger partial charge is 0.332 e. The molecule has 3 aromatic rings. The Labute approximate surface area is 151 Å². The minimum atomic E-state index is 0. The molecule has 120 valence electrons. The number of aryl methyl sites for hydroxylation is 1. The van der Waals surface area contributed by atoms with E-state index in [0.29, 0.717) is 0 Å². The Morgan fingerprint density at radius 2 is 1.96 bits per heavy atom. The molecule has 2 aromatic heterocycles. The molecule has 0 saturated heterocycles. The number of hydrogen-bond acceptors (Lipinski definition) is 4. The zero-order valence-corrected chi connectivity index (χ0v) is 15.6. The normalized spacial score (nSPS) is 10.1. The first-order valence-electron chi connectivity index (χ1n) is 7.57. The number of hydrogen-bond donors (Lipinski definition) is 1. The van der Waals surface area contributed by atoms with E-state index in [1.165, 1.54) is 18.4 Å². The first kappa shape index (κ1) is 17.6. The molecule has 0 unspecified atom stereocenters. The molecule has 23 heavy (non-hydrogen) atoms. The van der Waals surface area contributed by atoms with Crippen LogP contribution in [0.15, 0.2) is 54.2 Å². The molecular formula is C18H20BrN3S. The average molecular weight is 390 g/mol. The lowest BCUT2D eigenvalue weighted by Gasteiger charge is -2.04. The molecule has 2 heterocycles. The van der Waals surface area contributed by atoms with Crippen molar-refractivity contribution in [3.63, 3.8) is 0 Å². The van der Waals surface area contributed by atoms with Crippen molar-refractivity contribution < 1.29 is 0 Å². The highest BCUT2D eigenvalue weighted by Gasteiger charge is 2.04. The summed E-state index contributed by atoms with van der Waals surface area (Å²) in [6, 6.07) is 12.6. The number of rotatable bonds is 6. The van der Waals surface area contributed by atoms with E-state index in [2.05, 4.69) is 51.9 Å². The van der Waals surface area contributed by atoms with Gasteiger partial charge >= 0.3 is 0 Å². The smallest absolute Gasteiger partial charge is 0.187 e. The van der Waals surface area contributed by atoms with E-state index in [0.717, 1.165) is 28.5 Å². The van der Waals surface area contributed by atoms with Gasteiger partial charge in [-0.3, -0.25) is 4.98 Å². The lowest BCUT2D eigenvalue weighted by Crippen LogP contribution is -1.91. The van der Waals surface area contributed by atoms with E-state index in [1.54, 1.807) is 17.5 Å². The van der Waals surface area contributed by atoms with E-state index in [-0.39, 0.29) is 17.0 Å². The molecular weight excluding hydrogens is 370 g/mol. The Bertz CT molecular complexity index is 711. The molecule has 0 spiro atoms. The molecule has 3 rings (SSSR count). The highest BCUT2D eigenvalue weighted by Crippen LogP contribution is 2.26. The van der Waals surface area contributed by atoms with Gasteiger partial charge in [0.2, 0.25) is 0 Å². The monoisotopic (exact) mass is 389 g/mol. The molecule has 3 nitrogen and oxygen atoms in total. The second-order valence-electron chi connectivity index (χ2n) is 5.21. The highest BCUT2D eigenvalue weighted by molar-refractivity contribution is 8.93. The van der Waals surface area contributed by atoms with Crippen LogP contribution in [-0.4, -0.2) is 9.97 Å². The summed E-state index contributed by atoms with van der Waals surface area (Å²) in [5, 5.41) is 6.32. The Hall–Kier alpha value is -1.72. The fourth-order valence-electron chi connectivity index (χ4n) is 2.24. The van der Waals surface area contributed by atoms with Gasteiger partial charge in [-0.15, -0.1) is 28.3 Å². The average Bonchev–Trinajstić information content (AvgIpc) is 3.04. The van der Waals surface area contributed by atoms with Gasteiger partial charge < -0.3 is 5.32 Å². The quantitative estimate of drug-likeness (QED) is 0.572. The molecule has 0 aliphatic carbocycles. The Morgan fingerprint density at radius 1 is 1.13 bits per heavy atom. The third-order valence-corrected chi connectivity index (χ3v) is 4.24. The van der Waals surface area contributed by atoms with Crippen LogP contribution in [0, 0.1) is 0 Å². The molecule has 0 fully saturated rings. The second-order valence-corrected chi connectivity index (χ2v) is 6.06. The number of benzene rings is 1. The van der Waals surface area contributed by atoms with Crippen LogP contribution in [0.5, 0.6) is 0 Å². The fourth-order valence-corrected chi connectivity index (χ4v) is 2.98. The molecule has 0 bridgehead atoms. The van der Waals surface area contributed by atoms with E-state index >= 15 is 0 Å². The highest BCUT2D eigenvalue weighted by atomic mass is 79.9. The van der Waals surface area contributed by atoms with Gasteiger partial charge in [0, 0.05) is 29.0 Å². The van der Waals surface area contributed by atoms with Gasteiger partial charge in [-0.25, -0.2) is 4.98 Å². The second kappa shape index (κ2) is 8.79. The summed E-state index contributed by atoms with van der Waals surface area (Å²) < 4.78 is 0. The van der Waals surface area contributed by atoms with Gasteiger partial charge in [-0.1, -0.05) is 25.5 Å². The maximum absolute atomic E-state index is 4.62. The summed E-state index contributed by atoms with van der Waals surface area (Å²) in [6.07, 6.45) is 7.24. The minimum Gasteiger partial charge on any atom is -0.332 e. The third-order valence-electron chi connectivity index (χ3n) is 3.49. The first-order valence-corrected chi connectivity index (χ1v) is 8.45. The lowest BCUT2D eigenvalue weighted by atomic mass is 10.1. The van der Waals surface area contributed by atoms with Crippen LogP contribution in [0.4, 0.5) is 10.8 Å². The minimum absolute atomic E-state index is 0. The van der Waals surface area contributed by atoms with Gasteiger partial charge in [0.1, 0.15) is 0 Å². The molecule has 0 radical (unpaired) electrons. The number of nitrogens with one attached hydrogen (secondary N) is 1. The molecule has 0 atom stereocenters. The third kappa shape index (κ3) is 4.88. The topological polar surface area (TPSA) is 37.8 Å².